The van der Waals surface area contributed by atoms with Crippen LogP contribution in [0.1, 0.15) is 17.3 Å². The van der Waals surface area contributed by atoms with Crippen LogP contribution in [0.5, 0.6) is 0 Å². The third-order valence-electron chi connectivity index (χ3n) is 3.61. The molecular weight excluding hydrogens is 304 g/mol. The first-order valence-corrected chi connectivity index (χ1v) is 7.49. The molecule has 3 rings (SSSR count). The van der Waals surface area contributed by atoms with Gasteiger partial charge in [0.1, 0.15) is 5.92 Å². The topological polar surface area (TPSA) is 74.1 Å². The number of rotatable bonds is 4. The van der Waals surface area contributed by atoms with E-state index in [0.29, 0.717) is 17.0 Å². The van der Waals surface area contributed by atoms with Crippen LogP contribution in [0.2, 0.25) is 0 Å². The van der Waals surface area contributed by atoms with Gasteiger partial charge in [-0.05, 0) is 31.2 Å². The molecule has 2 amide bonds. The number of hydrazone groups is 2. The van der Waals surface area contributed by atoms with Gasteiger partial charge in [-0.2, -0.15) is 15.2 Å². The Morgan fingerprint density at radius 2 is 1.75 bits per heavy atom. The molecule has 0 fully saturated rings. The van der Waals surface area contributed by atoms with Crippen molar-refractivity contribution >= 4 is 29.4 Å². The molecule has 0 spiro atoms. The maximum Gasteiger partial charge on any atom is 0.271 e. The Morgan fingerprint density at radius 3 is 2.42 bits per heavy atom. The van der Waals surface area contributed by atoms with Crippen molar-refractivity contribution < 1.29 is 9.59 Å². The lowest BCUT2D eigenvalue weighted by Gasteiger charge is -2.12. The number of para-hydroxylation sites is 1. The van der Waals surface area contributed by atoms with E-state index in [-0.39, 0.29) is 11.8 Å². The minimum absolute atomic E-state index is 0.198. The number of hydrogen-bond acceptors (Lipinski definition) is 4. The van der Waals surface area contributed by atoms with Crippen LogP contribution in [0.3, 0.4) is 0 Å². The molecule has 6 nitrogen and oxygen atoms in total. The number of amides is 2. The highest BCUT2D eigenvalue weighted by atomic mass is 16.2. The summed E-state index contributed by atoms with van der Waals surface area (Å²) in [6, 6.07) is 17.9. The van der Waals surface area contributed by atoms with Crippen molar-refractivity contribution in [2.45, 2.75) is 6.92 Å². The van der Waals surface area contributed by atoms with E-state index in [0.717, 1.165) is 0 Å². The van der Waals surface area contributed by atoms with Crippen LogP contribution in [0.25, 0.3) is 0 Å². The highest BCUT2D eigenvalue weighted by Gasteiger charge is 2.33. The largest absolute Gasteiger partial charge is 0.271 e. The fraction of sp³-hybridized carbons (Fsp3) is 0.111. The van der Waals surface area contributed by atoms with E-state index >= 15 is 0 Å². The second-order valence-electron chi connectivity index (χ2n) is 5.29. The van der Waals surface area contributed by atoms with Crippen molar-refractivity contribution in [2.24, 2.45) is 16.1 Å². The summed E-state index contributed by atoms with van der Waals surface area (Å²) in [6.07, 6.45) is 1.41. The molecule has 1 heterocycles. The third-order valence-corrected chi connectivity index (χ3v) is 3.61. The molecule has 0 saturated carbocycles. The van der Waals surface area contributed by atoms with Gasteiger partial charge in [0.2, 0.25) is 0 Å². The highest BCUT2D eigenvalue weighted by molar-refractivity contribution is 6.23. The molecule has 120 valence electrons. The summed E-state index contributed by atoms with van der Waals surface area (Å²) in [6.45, 7) is 1.76. The lowest BCUT2D eigenvalue weighted by atomic mass is 10.1. The lowest BCUT2D eigenvalue weighted by Crippen LogP contribution is -2.29. The Labute approximate surface area is 139 Å². The van der Waals surface area contributed by atoms with E-state index in [1.54, 1.807) is 31.2 Å². The van der Waals surface area contributed by atoms with E-state index in [4.69, 9.17) is 0 Å². The van der Waals surface area contributed by atoms with Crippen LogP contribution >= 0.6 is 0 Å². The molecule has 1 unspecified atom stereocenters. The summed E-state index contributed by atoms with van der Waals surface area (Å²) in [5.74, 6) is -1.11. The smallest absolute Gasteiger partial charge is 0.271 e. The zero-order chi connectivity index (χ0) is 16.9. The molecule has 6 heteroatoms. The molecule has 0 aliphatic carbocycles. The summed E-state index contributed by atoms with van der Waals surface area (Å²) in [4.78, 5) is 24.4. The molecule has 0 aromatic heterocycles. The van der Waals surface area contributed by atoms with E-state index in [1.807, 2.05) is 36.4 Å². The van der Waals surface area contributed by atoms with Crippen LogP contribution in [0.15, 0.2) is 70.9 Å². The van der Waals surface area contributed by atoms with Crippen molar-refractivity contribution in [3.8, 4) is 0 Å². The van der Waals surface area contributed by atoms with Crippen LogP contribution in [-0.2, 0) is 4.79 Å². The van der Waals surface area contributed by atoms with Crippen molar-refractivity contribution in [3.63, 3.8) is 0 Å². The predicted molar refractivity (Wildman–Crippen MR) is 92.9 cm³/mol. The highest BCUT2D eigenvalue weighted by Crippen LogP contribution is 2.22. The van der Waals surface area contributed by atoms with Crippen molar-refractivity contribution in [3.05, 3.63) is 66.2 Å². The van der Waals surface area contributed by atoms with Crippen LogP contribution in [0.4, 0.5) is 5.69 Å². The van der Waals surface area contributed by atoms with Crippen LogP contribution in [0, 0.1) is 5.92 Å². The summed E-state index contributed by atoms with van der Waals surface area (Å²) in [5.41, 5.74) is 4.26. The van der Waals surface area contributed by atoms with Crippen LogP contribution in [-0.4, -0.2) is 23.7 Å². The number of carbonyl (C=O) groups is 2. The summed E-state index contributed by atoms with van der Waals surface area (Å²) in [7, 11) is 0. The van der Waals surface area contributed by atoms with Gasteiger partial charge in [0.05, 0.1) is 11.4 Å². The Kier molecular flexibility index (Phi) is 4.47. The monoisotopic (exact) mass is 320 g/mol. The molecule has 1 aliphatic rings. The van der Waals surface area contributed by atoms with Gasteiger partial charge in [-0.15, -0.1) is 0 Å². The van der Waals surface area contributed by atoms with Gasteiger partial charge in [-0.25, -0.2) is 5.43 Å². The first-order chi connectivity index (χ1) is 11.7. The summed E-state index contributed by atoms with van der Waals surface area (Å²) < 4.78 is 0. The number of nitrogens with one attached hydrogen (secondary N) is 1. The van der Waals surface area contributed by atoms with Gasteiger partial charge in [0.15, 0.2) is 0 Å². The van der Waals surface area contributed by atoms with Gasteiger partial charge >= 0.3 is 0 Å². The van der Waals surface area contributed by atoms with Gasteiger partial charge < -0.3 is 0 Å². The maximum absolute atomic E-state index is 12.5. The fourth-order valence-electron chi connectivity index (χ4n) is 2.33. The second-order valence-corrected chi connectivity index (χ2v) is 5.29. The molecule has 24 heavy (non-hydrogen) atoms. The molecule has 2 aromatic rings. The quantitative estimate of drug-likeness (QED) is 0.694. The Bertz CT molecular complexity index is 800. The molecule has 0 radical (unpaired) electrons. The van der Waals surface area contributed by atoms with Gasteiger partial charge in [0, 0.05) is 11.8 Å². The van der Waals surface area contributed by atoms with E-state index in [1.165, 1.54) is 11.2 Å². The van der Waals surface area contributed by atoms with Gasteiger partial charge in [-0.3, -0.25) is 9.59 Å². The second kappa shape index (κ2) is 6.87. The molecular formula is C18H16N4O2. The number of anilines is 1. The Morgan fingerprint density at radius 1 is 1.12 bits per heavy atom. The normalized spacial score (nSPS) is 17.2. The Balaban J connectivity index is 1.67. The number of carbonyl (C=O) groups excluding carboxylic acids is 2. The standard InChI is InChI=1S/C18H16N4O2/c1-13-16(12-19-20-17(23)14-8-4-2-5-9-14)18(24)22(21-13)15-10-6-3-7-11-15/h2-12,16H,1H3,(H,20,23). The van der Waals surface area contributed by atoms with Crippen molar-refractivity contribution in [1.29, 1.82) is 0 Å². The first kappa shape index (κ1) is 15.6. The lowest BCUT2D eigenvalue weighted by molar-refractivity contribution is -0.118. The molecule has 0 bridgehead atoms. The van der Waals surface area contributed by atoms with Gasteiger partial charge in [-0.1, -0.05) is 36.4 Å². The minimum atomic E-state index is -0.582. The van der Waals surface area contributed by atoms with E-state index in [2.05, 4.69) is 15.6 Å². The molecule has 1 aliphatic heterocycles. The predicted octanol–water partition coefficient (Wildman–Crippen LogP) is 2.44. The molecule has 1 atom stereocenters. The van der Waals surface area contributed by atoms with Crippen molar-refractivity contribution in [2.75, 3.05) is 5.01 Å². The number of hydrogen-bond donors (Lipinski definition) is 1. The Hall–Kier alpha value is -3.28. The van der Waals surface area contributed by atoms with E-state index < -0.39 is 5.92 Å². The first-order valence-electron chi connectivity index (χ1n) is 7.49. The number of benzene rings is 2. The molecule has 2 aromatic carbocycles. The zero-order valence-corrected chi connectivity index (χ0v) is 13.1. The summed E-state index contributed by atoms with van der Waals surface area (Å²) >= 11 is 0. The van der Waals surface area contributed by atoms with Crippen molar-refractivity contribution in [1.82, 2.24) is 5.43 Å². The average Bonchev–Trinajstić information content (AvgIpc) is 2.91. The minimum Gasteiger partial charge on any atom is -0.271 e. The third kappa shape index (κ3) is 3.22. The average molecular weight is 320 g/mol. The maximum atomic E-state index is 12.5. The van der Waals surface area contributed by atoms with Gasteiger partial charge in [0.25, 0.3) is 11.8 Å². The number of nitrogens with zero attached hydrogens (tertiary/aromatic N) is 3. The SMILES string of the molecule is CC1=NN(c2ccccc2)C(=O)C1C=NNC(=O)c1ccccc1. The molecule has 1 N–H and O–H groups in total. The molecule has 0 saturated heterocycles. The summed E-state index contributed by atoms with van der Waals surface area (Å²) in [5, 5.41) is 9.53. The fourth-order valence-corrected chi connectivity index (χ4v) is 2.33. The van der Waals surface area contributed by atoms with E-state index in [9.17, 15) is 9.59 Å². The van der Waals surface area contributed by atoms with Crippen LogP contribution < -0.4 is 10.4 Å². The zero-order valence-electron chi connectivity index (χ0n) is 13.1.